The minimum Gasteiger partial charge on any atom is -0.494 e. The Bertz CT molecular complexity index is 354. The van der Waals surface area contributed by atoms with Crippen LogP contribution < -0.4 is 10.5 Å². The highest BCUT2D eigenvalue weighted by molar-refractivity contribution is 5.76. The van der Waals surface area contributed by atoms with Crippen LogP contribution in [0.15, 0.2) is 30.3 Å². The summed E-state index contributed by atoms with van der Waals surface area (Å²) < 4.78 is 5.53. The van der Waals surface area contributed by atoms with Crippen LogP contribution >= 0.6 is 0 Å². The minimum absolute atomic E-state index is 0.0903. The first-order valence-corrected chi connectivity index (χ1v) is 6.28. The van der Waals surface area contributed by atoms with E-state index in [1.807, 2.05) is 37.3 Å². The molecule has 100 valence electrons. The highest BCUT2D eigenvalue weighted by atomic mass is 16.5. The molecule has 0 spiro atoms. The lowest BCUT2D eigenvalue weighted by Crippen LogP contribution is -2.39. The van der Waals surface area contributed by atoms with E-state index in [2.05, 4.69) is 0 Å². The van der Waals surface area contributed by atoms with Gasteiger partial charge >= 0.3 is 0 Å². The van der Waals surface area contributed by atoms with E-state index in [0.717, 1.165) is 12.2 Å². The van der Waals surface area contributed by atoms with Crippen molar-refractivity contribution in [1.82, 2.24) is 4.90 Å². The third kappa shape index (κ3) is 4.75. The third-order valence-corrected chi connectivity index (χ3v) is 2.94. The second-order valence-electron chi connectivity index (χ2n) is 4.35. The van der Waals surface area contributed by atoms with Crippen LogP contribution in [0.1, 0.15) is 19.8 Å². The van der Waals surface area contributed by atoms with E-state index in [1.54, 1.807) is 11.9 Å². The first-order chi connectivity index (χ1) is 8.65. The van der Waals surface area contributed by atoms with Gasteiger partial charge in [-0.15, -0.1) is 0 Å². The number of amides is 1. The van der Waals surface area contributed by atoms with E-state index < -0.39 is 0 Å². The smallest absolute Gasteiger partial charge is 0.222 e. The maximum absolute atomic E-state index is 11.8. The van der Waals surface area contributed by atoms with Gasteiger partial charge in [0.15, 0.2) is 0 Å². The molecule has 0 aliphatic rings. The van der Waals surface area contributed by atoms with Crippen LogP contribution in [0.5, 0.6) is 5.75 Å². The van der Waals surface area contributed by atoms with Gasteiger partial charge in [-0.1, -0.05) is 18.2 Å². The summed E-state index contributed by atoms with van der Waals surface area (Å²) in [5.41, 5.74) is 5.52. The molecule has 2 N–H and O–H groups in total. The standard InChI is InChI=1S/C14H22N2O2/c1-12(11-15)16(2)14(17)9-6-10-18-13-7-4-3-5-8-13/h3-5,7-8,12H,6,9-11,15H2,1-2H3. The number of carbonyl (C=O) groups excluding carboxylic acids is 1. The second kappa shape index (κ2) is 7.71. The van der Waals surface area contributed by atoms with Crippen LogP contribution in [0.4, 0.5) is 0 Å². The van der Waals surface area contributed by atoms with Crippen LogP contribution in [0.2, 0.25) is 0 Å². The zero-order chi connectivity index (χ0) is 13.4. The second-order valence-corrected chi connectivity index (χ2v) is 4.35. The Labute approximate surface area is 109 Å². The van der Waals surface area contributed by atoms with Crippen molar-refractivity contribution in [3.8, 4) is 5.75 Å². The molecule has 0 heterocycles. The molecule has 4 heteroatoms. The normalized spacial score (nSPS) is 11.9. The lowest BCUT2D eigenvalue weighted by molar-refractivity contribution is -0.131. The quantitative estimate of drug-likeness (QED) is 0.749. The molecule has 1 unspecified atom stereocenters. The van der Waals surface area contributed by atoms with Crippen molar-refractivity contribution in [1.29, 1.82) is 0 Å². The first-order valence-electron chi connectivity index (χ1n) is 6.28. The van der Waals surface area contributed by atoms with Gasteiger partial charge in [-0.05, 0) is 25.5 Å². The Hall–Kier alpha value is -1.55. The zero-order valence-electron chi connectivity index (χ0n) is 11.1. The van der Waals surface area contributed by atoms with E-state index in [1.165, 1.54) is 0 Å². The highest BCUT2D eigenvalue weighted by Crippen LogP contribution is 2.09. The molecule has 1 aromatic carbocycles. The summed E-state index contributed by atoms with van der Waals surface area (Å²) in [6.07, 6.45) is 1.21. The average Bonchev–Trinajstić information content (AvgIpc) is 2.42. The number of para-hydroxylation sites is 1. The average molecular weight is 250 g/mol. The van der Waals surface area contributed by atoms with Gasteiger partial charge in [0.05, 0.1) is 6.61 Å². The van der Waals surface area contributed by atoms with Crippen molar-refractivity contribution in [2.24, 2.45) is 5.73 Å². The summed E-state index contributed by atoms with van der Waals surface area (Å²) in [6, 6.07) is 9.70. The van der Waals surface area contributed by atoms with Gasteiger partial charge in [0.1, 0.15) is 5.75 Å². The van der Waals surface area contributed by atoms with Crippen LogP contribution in [0.3, 0.4) is 0 Å². The number of hydrogen-bond acceptors (Lipinski definition) is 3. The summed E-state index contributed by atoms with van der Waals surface area (Å²) in [5.74, 6) is 0.957. The van der Waals surface area contributed by atoms with E-state index in [4.69, 9.17) is 10.5 Å². The number of nitrogens with two attached hydrogens (primary N) is 1. The Morgan fingerprint density at radius 2 is 2.06 bits per heavy atom. The molecule has 1 atom stereocenters. The number of benzene rings is 1. The number of nitrogens with zero attached hydrogens (tertiary/aromatic N) is 1. The minimum atomic E-state index is 0.0903. The Balaban J connectivity index is 2.20. The van der Waals surface area contributed by atoms with Crippen molar-refractivity contribution >= 4 is 5.91 Å². The fourth-order valence-electron chi connectivity index (χ4n) is 1.51. The van der Waals surface area contributed by atoms with E-state index in [-0.39, 0.29) is 11.9 Å². The molecule has 1 aromatic rings. The van der Waals surface area contributed by atoms with Gasteiger partial charge in [0.2, 0.25) is 5.91 Å². The van der Waals surface area contributed by atoms with Crippen LogP contribution in [0, 0.1) is 0 Å². The van der Waals surface area contributed by atoms with Crippen molar-refractivity contribution in [3.05, 3.63) is 30.3 Å². The molecule has 0 aromatic heterocycles. The van der Waals surface area contributed by atoms with Gasteiger partial charge in [0, 0.05) is 26.1 Å². The SMILES string of the molecule is CC(CN)N(C)C(=O)CCCOc1ccccc1. The molecule has 1 rings (SSSR count). The molecular formula is C14H22N2O2. The largest absolute Gasteiger partial charge is 0.494 e. The molecule has 0 aliphatic carbocycles. The fourth-order valence-corrected chi connectivity index (χ4v) is 1.51. The predicted molar refractivity (Wildman–Crippen MR) is 72.5 cm³/mol. The Kier molecular flexibility index (Phi) is 6.22. The molecule has 0 bridgehead atoms. The molecule has 0 aliphatic heterocycles. The van der Waals surface area contributed by atoms with Crippen molar-refractivity contribution in [2.45, 2.75) is 25.8 Å². The Morgan fingerprint density at radius 3 is 2.67 bits per heavy atom. The molecular weight excluding hydrogens is 228 g/mol. The molecule has 1 amide bonds. The van der Waals surface area contributed by atoms with E-state index in [0.29, 0.717) is 19.6 Å². The number of hydrogen-bond donors (Lipinski definition) is 1. The lowest BCUT2D eigenvalue weighted by Gasteiger charge is -2.23. The monoisotopic (exact) mass is 250 g/mol. The molecule has 18 heavy (non-hydrogen) atoms. The number of likely N-dealkylation sites (N-methyl/N-ethyl adjacent to an activating group) is 1. The van der Waals surface area contributed by atoms with Crippen LogP contribution in [-0.2, 0) is 4.79 Å². The number of ether oxygens (including phenoxy) is 1. The van der Waals surface area contributed by atoms with Gasteiger partial charge in [-0.2, -0.15) is 0 Å². The summed E-state index contributed by atoms with van der Waals surface area (Å²) in [4.78, 5) is 13.5. The fraction of sp³-hybridized carbons (Fsp3) is 0.500. The van der Waals surface area contributed by atoms with Crippen LogP contribution in [0.25, 0.3) is 0 Å². The van der Waals surface area contributed by atoms with Crippen molar-refractivity contribution < 1.29 is 9.53 Å². The predicted octanol–water partition coefficient (Wildman–Crippen LogP) is 1.65. The number of carbonyl (C=O) groups is 1. The highest BCUT2D eigenvalue weighted by Gasteiger charge is 2.13. The van der Waals surface area contributed by atoms with Gasteiger partial charge in [-0.3, -0.25) is 4.79 Å². The van der Waals surface area contributed by atoms with Crippen molar-refractivity contribution in [3.63, 3.8) is 0 Å². The maximum Gasteiger partial charge on any atom is 0.222 e. The molecule has 0 saturated heterocycles. The topological polar surface area (TPSA) is 55.6 Å². The summed E-state index contributed by atoms with van der Waals surface area (Å²) in [5, 5.41) is 0. The zero-order valence-corrected chi connectivity index (χ0v) is 11.1. The van der Waals surface area contributed by atoms with Gasteiger partial charge < -0.3 is 15.4 Å². The maximum atomic E-state index is 11.8. The third-order valence-electron chi connectivity index (χ3n) is 2.94. The van der Waals surface area contributed by atoms with Crippen molar-refractivity contribution in [2.75, 3.05) is 20.2 Å². The van der Waals surface area contributed by atoms with E-state index >= 15 is 0 Å². The van der Waals surface area contributed by atoms with Gasteiger partial charge in [0.25, 0.3) is 0 Å². The molecule has 0 fully saturated rings. The van der Waals surface area contributed by atoms with E-state index in [9.17, 15) is 4.79 Å². The lowest BCUT2D eigenvalue weighted by atomic mass is 10.2. The van der Waals surface area contributed by atoms with Crippen LogP contribution in [-0.4, -0.2) is 37.0 Å². The first kappa shape index (κ1) is 14.5. The molecule has 0 saturated carbocycles. The van der Waals surface area contributed by atoms with Gasteiger partial charge in [-0.25, -0.2) is 0 Å². The summed E-state index contributed by atoms with van der Waals surface area (Å²) in [7, 11) is 1.79. The summed E-state index contributed by atoms with van der Waals surface area (Å²) in [6.45, 7) is 2.99. The Morgan fingerprint density at radius 1 is 1.39 bits per heavy atom. The number of rotatable bonds is 7. The molecule has 4 nitrogen and oxygen atoms in total. The summed E-state index contributed by atoms with van der Waals surface area (Å²) >= 11 is 0. The molecule has 0 radical (unpaired) electrons.